The Bertz CT molecular complexity index is 1020. The van der Waals surface area contributed by atoms with Crippen molar-refractivity contribution in [2.45, 2.75) is 19.5 Å². The summed E-state index contributed by atoms with van der Waals surface area (Å²) in [5.41, 5.74) is 0.376. The molecule has 1 atom stereocenters. The first-order chi connectivity index (χ1) is 13.1. The number of pyridine rings is 1. The van der Waals surface area contributed by atoms with E-state index < -0.39 is 17.7 Å². The first-order valence-electron chi connectivity index (χ1n) is 8.34. The lowest BCUT2D eigenvalue weighted by atomic mass is 10.00. The average Bonchev–Trinajstić information content (AvgIpc) is 3.39. The van der Waals surface area contributed by atoms with Crippen molar-refractivity contribution in [2.75, 3.05) is 0 Å². The van der Waals surface area contributed by atoms with Crippen molar-refractivity contribution >= 4 is 17.4 Å². The lowest BCUT2D eigenvalue weighted by Gasteiger charge is -2.22. The van der Waals surface area contributed by atoms with E-state index in [4.69, 9.17) is 8.83 Å². The van der Waals surface area contributed by atoms with Gasteiger partial charge < -0.3 is 18.8 Å². The van der Waals surface area contributed by atoms with E-state index in [1.54, 1.807) is 43.3 Å². The maximum Gasteiger partial charge on any atom is 0.296 e. The molecule has 136 valence electrons. The lowest BCUT2D eigenvalue weighted by Crippen LogP contribution is -2.28. The number of aryl methyl sites for hydroxylation is 1. The fraction of sp³-hybridized carbons (Fsp3) is 0.150. The maximum atomic E-state index is 12.8. The monoisotopic (exact) mass is 364 g/mol. The van der Waals surface area contributed by atoms with E-state index in [1.807, 2.05) is 0 Å². The number of furan rings is 2. The summed E-state index contributed by atoms with van der Waals surface area (Å²) in [6.07, 6.45) is 4.50. The second kappa shape index (κ2) is 6.60. The topological polar surface area (TPSA) is 96.8 Å². The third-order valence-electron chi connectivity index (χ3n) is 4.43. The van der Waals surface area contributed by atoms with Crippen LogP contribution in [-0.4, -0.2) is 26.7 Å². The van der Waals surface area contributed by atoms with Gasteiger partial charge in [-0.05, 0) is 43.3 Å². The number of ketones is 1. The number of hydrogen-bond acceptors (Lipinski definition) is 6. The quantitative estimate of drug-likeness (QED) is 0.434. The average molecular weight is 364 g/mol. The van der Waals surface area contributed by atoms with Gasteiger partial charge in [0.2, 0.25) is 0 Å². The fourth-order valence-electron chi connectivity index (χ4n) is 3.17. The maximum absolute atomic E-state index is 12.8. The van der Waals surface area contributed by atoms with Crippen LogP contribution >= 0.6 is 0 Å². The molecule has 1 N–H and O–H groups in total. The Hall–Kier alpha value is -3.61. The van der Waals surface area contributed by atoms with Crippen LogP contribution in [0, 0.1) is 6.92 Å². The van der Waals surface area contributed by atoms with E-state index in [-0.39, 0.29) is 17.9 Å². The van der Waals surface area contributed by atoms with Crippen molar-refractivity contribution in [2.24, 2.45) is 0 Å². The van der Waals surface area contributed by atoms with Crippen LogP contribution in [0.1, 0.15) is 28.9 Å². The molecule has 0 bridgehead atoms. The molecule has 7 heteroatoms. The van der Waals surface area contributed by atoms with Gasteiger partial charge in [0, 0.05) is 18.0 Å². The van der Waals surface area contributed by atoms with E-state index >= 15 is 0 Å². The molecule has 0 radical (unpaired) electrons. The highest BCUT2D eigenvalue weighted by Crippen LogP contribution is 2.40. The summed E-state index contributed by atoms with van der Waals surface area (Å²) in [5, 5.41) is 10.8. The molecule has 1 amide bonds. The Balaban J connectivity index is 1.86. The molecular weight excluding hydrogens is 348 g/mol. The van der Waals surface area contributed by atoms with E-state index in [9.17, 15) is 14.7 Å². The number of carbonyl (C=O) groups is 2. The van der Waals surface area contributed by atoms with Crippen molar-refractivity contribution in [3.8, 4) is 0 Å². The first kappa shape index (κ1) is 16.8. The smallest absolute Gasteiger partial charge is 0.296 e. The SMILES string of the molecule is Cc1ccc(C2/C(=C(/O)c3ccncc3)C(=O)C(=O)N2Cc2ccco2)o1. The third kappa shape index (κ3) is 2.93. The van der Waals surface area contributed by atoms with Crippen molar-refractivity contribution in [1.29, 1.82) is 0 Å². The number of hydrogen-bond donors (Lipinski definition) is 1. The largest absolute Gasteiger partial charge is 0.507 e. The number of amides is 1. The van der Waals surface area contributed by atoms with Crippen LogP contribution < -0.4 is 0 Å². The van der Waals surface area contributed by atoms with Gasteiger partial charge in [0.1, 0.15) is 29.1 Å². The van der Waals surface area contributed by atoms with E-state index in [1.165, 1.54) is 23.6 Å². The Morgan fingerprint density at radius 3 is 2.59 bits per heavy atom. The number of nitrogens with zero attached hydrogens (tertiary/aromatic N) is 2. The number of aromatic nitrogens is 1. The lowest BCUT2D eigenvalue weighted by molar-refractivity contribution is -0.140. The normalized spacial score (nSPS) is 19.0. The summed E-state index contributed by atoms with van der Waals surface area (Å²) in [5.74, 6) is -0.201. The van der Waals surface area contributed by atoms with E-state index in [0.29, 0.717) is 22.8 Å². The van der Waals surface area contributed by atoms with Crippen molar-refractivity contribution in [1.82, 2.24) is 9.88 Å². The number of aliphatic hydroxyl groups is 1. The molecule has 0 spiro atoms. The molecule has 7 nitrogen and oxygen atoms in total. The minimum absolute atomic E-state index is 0.0212. The zero-order valence-electron chi connectivity index (χ0n) is 14.5. The molecular formula is C20H16N2O5. The summed E-state index contributed by atoms with van der Waals surface area (Å²) < 4.78 is 11.0. The summed E-state index contributed by atoms with van der Waals surface area (Å²) >= 11 is 0. The Kier molecular flexibility index (Phi) is 4.12. The van der Waals surface area contributed by atoms with Crippen LogP contribution in [0.2, 0.25) is 0 Å². The van der Waals surface area contributed by atoms with Crippen molar-refractivity contribution in [3.63, 3.8) is 0 Å². The van der Waals surface area contributed by atoms with Gasteiger partial charge in [-0.3, -0.25) is 14.6 Å². The van der Waals surface area contributed by atoms with Crippen LogP contribution in [-0.2, 0) is 16.1 Å². The number of carbonyl (C=O) groups excluding carboxylic acids is 2. The Morgan fingerprint density at radius 1 is 1.19 bits per heavy atom. The number of rotatable bonds is 4. The van der Waals surface area contributed by atoms with Gasteiger partial charge in [0.05, 0.1) is 18.4 Å². The zero-order valence-corrected chi connectivity index (χ0v) is 14.5. The van der Waals surface area contributed by atoms with Gasteiger partial charge in [0.25, 0.3) is 11.7 Å². The molecule has 3 aromatic heterocycles. The van der Waals surface area contributed by atoms with Crippen LogP contribution in [0.15, 0.2) is 69.5 Å². The Morgan fingerprint density at radius 2 is 1.96 bits per heavy atom. The molecule has 1 aliphatic heterocycles. The second-order valence-electron chi connectivity index (χ2n) is 6.19. The summed E-state index contributed by atoms with van der Waals surface area (Å²) in [6, 6.07) is 9.15. The second-order valence-corrected chi connectivity index (χ2v) is 6.19. The van der Waals surface area contributed by atoms with E-state index in [0.717, 1.165) is 0 Å². The molecule has 0 saturated carbocycles. The number of Topliss-reactive ketones (excluding diaryl/α,β-unsaturated/α-hetero) is 1. The van der Waals surface area contributed by atoms with Gasteiger partial charge in [-0.15, -0.1) is 0 Å². The molecule has 4 rings (SSSR count). The predicted molar refractivity (Wildman–Crippen MR) is 94.2 cm³/mol. The van der Waals surface area contributed by atoms with Crippen LogP contribution in [0.3, 0.4) is 0 Å². The summed E-state index contributed by atoms with van der Waals surface area (Å²) in [7, 11) is 0. The number of likely N-dealkylation sites (tertiary alicyclic amines) is 1. The number of aliphatic hydroxyl groups excluding tert-OH is 1. The van der Waals surface area contributed by atoms with Gasteiger partial charge in [0.15, 0.2) is 0 Å². The highest BCUT2D eigenvalue weighted by molar-refractivity contribution is 6.46. The summed E-state index contributed by atoms with van der Waals surface area (Å²) in [6.45, 7) is 1.85. The van der Waals surface area contributed by atoms with Crippen LogP contribution in [0.4, 0.5) is 0 Å². The molecule has 1 saturated heterocycles. The molecule has 1 unspecified atom stereocenters. The molecule has 0 aromatic carbocycles. The van der Waals surface area contributed by atoms with Gasteiger partial charge >= 0.3 is 0 Å². The molecule has 4 heterocycles. The van der Waals surface area contributed by atoms with Crippen LogP contribution in [0.5, 0.6) is 0 Å². The zero-order chi connectivity index (χ0) is 19.0. The first-order valence-corrected chi connectivity index (χ1v) is 8.34. The fourth-order valence-corrected chi connectivity index (χ4v) is 3.17. The van der Waals surface area contributed by atoms with Crippen molar-refractivity contribution < 1.29 is 23.5 Å². The summed E-state index contributed by atoms with van der Waals surface area (Å²) in [4.78, 5) is 30.7. The standard InChI is InChI=1S/C20H16N2O5/c1-12-4-5-15(27-12)17-16(18(23)13-6-8-21-9-7-13)19(24)20(25)22(17)11-14-3-2-10-26-14/h2-10,17,23H,11H2,1H3/b18-16-. The molecule has 0 aliphatic carbocycles. The minimum Gasteiger partial charge on any atom is -0.507 e. The predicted octanol–water partition coefficient (Wildman–Crippen LogP) is 3.20. The third-order valence-corrected chi connectivity index (χ3v) is 4.43. The highest BCUT2D eigenvalue weighted by atomic mass is 16.3. The van der Waals surface area contributed by atoms with E-state index in [2.05, 4.69) is 4.98 Å². The molecule has 27 heavy (non-hydrogen) atoms. The highest BCUT2D eigenvalue weighted by Gasteiger charge is 2.47. The van der Waals surface area contributed by atoms with Gasteiger partial charge in [-0.1, -0.05) is 0 Å². The van der Waals surface area contributed by atoms with Gasteiger partial charge in [-0.25, -0.2) is 0 Å². The van der Waals surface area contributed by atoms with Gasteiger partial charge in [-0.2, -0.15) is 0 Å². The van der Waals surface area contributed by atoms with Crippen molar-refractivity contribution in [3.05, 3.63) is 83.5 Å². The molecule has 1 fully saturated rings. The molecule has 3 aromatic rings. The minimum atomic E-state index is -0.850. The Labute approximate surface area is 154 Å². The molecule has 1 aliphatic rings. The van der Waals surface area contributed by atoms with Crippen LogP contribution in [0.25, 0.3) is 5.76 Å².